The molecule has 0 rings (SSSR count). The minimum atomic E-state index is -0.995. The first-order valence-corrected chi connectivity index (χ1v) is 12.6. The molecule has 0 nitrogen and oxygen atoms in total. The van der Waals surface area contributed by atoms with E-state index >= 15 is 0 Å². The Bertz CT molecular complexity index is 220. The normalized spacial score (nSPS) is 12.4. The topological polar surface area (TPSA) is 0 Å². The second kappa shape index (κ2) is 14.9. The van der Waals surface area contributed by atoms with E-state index in [4.69, 9.17) is 0 Å². The van der Waals surface area contributed by atoms with Crippen LogP contribution < -0.4 is 0 Å². The summed E-state index contributed by atoms with van der Waals surface area (Å²) < 4.78 is 0. The molecule has 0 spiro atoms. The average Bonchev–Trinajstić information content (AvgIpc) is 2.53. The fourth-order valence-corrected chi connectivity index (χ4v) is 6.06. The smallest absolute Gasteiger partial charge is 0.0766 e. The van der Waals surface area contributed by atoms with Crippen molar-refractivity contribution >= 4 is 8.07 Å². The number of rotatable bonds is 15. The van der Waals surface area contributed by atoms with Crippen LogP contribution in [-0.2, 0) is 0 Å². The zero-order valence-corrected chi connectivity index (χ0v) is 16.6. The first-order valence-electron chi connectivity index (χ1n) is 9.92. The molecule has 0 saturated carbocycles. The molecular formula is C20H42Si. The van der Waals surface area contributed by atoms with Crippen molar-refractivity contribution in [1.82, 2.24) is 0 Å². The Hall–Kier alpha value is -0.0431. The monoisotopic (exact) mass is 310 g/mol. The molecule has 0 aliphatic rings. The molecule has 0 unspecified atom stereocenters. The highest BCUT2D eigenvalue weighted by Gasteiger charge is 2.22. The Morgan fingerprint density at radius 1 is 0.571 bits per heavy atom. The van der Waals surface area contributed by atoms with Gasteiger partial charge in [0.25, 0.3) is 0 Å². The maximum atomic E-state index is 2.65. The summed E-state index contributed by atoms with van der Waals surface area (Å²) in [6.07, 6.45) is 18.3. The van der Waals surface area contributed by atoms with Crippen LogP contribution in [0.1, 0.15) is 98.3 Å². The number of hydrogen-bond donors (Lipinski definition) is 0. The van der Waals surface area contributed by atoms with Gasteiger partial charge in [0.1, 0.15) is 0 Å². The van der Waals surface area contributed by atoms with Crippen LogP contribution in [0.25, 0.3) is 0 Å². The van der Waals surface area contributed by atoms with Gasteiger partial charge in [-0.3, -0.25) is 0 Å². The second-order valence-corrected chi connectivity index (χ2v) is 12.0. The van der Waals surface area contributed by atoms with Gasteiger partial charge in [0.15, 0.2) is 0 Å². The lowest BCUT2D eigenvalue weighted by molar-refractivity contribution is 0.557. The number of unbranched alkanes of at least 4 members (excludes halogenated alkanes) is 10. The SMILES string of the molecule is CCCCCCCCCCCC/C=C/[Si](CC)(CC)CC. The number of allylic oxidation sites excluding steroid dienone is 1. The van der Waals surface area contributed by atoms with Gasteiger partial charge in [0.05, 0.1) is 8.07 Å². The average molecular weight is 311 g/mol. The fourth-order valence-electron chi connectivity index (χ4n) is 3.19. The minimum Gasteiger partial charge on any atom is -0.0981 e. The van der Waals surface area contributed by atoms with Gasteiger partial charge in [0.2, 0.25) is 0 Å². The van der Waals surface area contributed by atoms with Crippen molar-refractivity contribution in [3.05, 3.63) is 11.8 Å². The zero-order valence-electron chi connectivity index (χ0n) is 15.6. The summed E-state index contributed by atoms with van der Waals surface area (Å²) in [6.45, 7) is 9.47. The molecule has 21 heavy (non-hydrogen) atoms. The van der Waals surface area contributed by atoms with Crippen molar-refractivity contribution in [3.8, 4) is 0 Å². The fraction of sp³-hybridized carbons (Fsp3) is 0.900. The van der Waals surface area contributed by atoms with Crippen LogP contribution >= 0.6 is 0 Å². The Balaban J connectivity index is 3.43. The van der Waals surface area contributed by atoms with Crippen LogP contribution in [0, 0.1) is 0 Å². The van der Waals surface area contributed by atoms with Crippen LogP contribution in [0.4, 0.5) is 0 Å². The molecule has 0 aromatic carbocycles. The van der Waals surface area contributed by atoms with Crippen LogP contribution in [-0.4, -0.2) is 8.07 Å². The van der Waals surface area contributed by atoms with Crippen molar-refractivity contribution in [2.24, 2.45) is 0 Å². The Labute approximate surface area is 136 Å². The molecule has 0 amide bonds. The molecule has 1 heteroatoms. The van der Waals surface area contributed by atoms with Gasteiger partial charge in [-0.1, -0.05) is 115 Å². The van der Waals surface area contributed by atoms with E-state index in [0.717, 1.165) is 0 Å². The highest BCUT2D eigenvalue weighted by atomic mass is 28.3. The molecule has 0 saturated heterocycles. The van der Waals surface area contributed by atoms with Crippen molar-refractivity contribution in [3.63, 3.8) is 0 Å². The standard InChI is InChI=1S/C20H42Si/c1-5-9-10-11-12-13-14-15-16-17-18-19-20-21(6-2,7-3)8-4/h19-20H,5-18H2,1-4H3/b20-19+. The van der Waals surface area contributed by atoms with E-state index in [1.54, 1.807) is 0 Å². The van der Waals surface area contributed by atoms with Crippen molar-refractivity contribution in [2.75, 3.05) is 0 Å². The van der Waals surface area contributed by atoms with Crippen molar-refractivity contribution in [2.45, 2.75) is 116 Å². The van der Waals surface area contributed by atoms with Crippen LogP contribution in [0.3, 0.4) is 0 Å². The van der Waals surface area contributed by atoms with E-state index in [2.05, 4.69) is 39.5 Å². The quantitative estimate of drug-likeness (QED) is 0.213. The highest BCUT2D eigenvalue weighted by molar-refractivity contribution is 6.84. The number of hydrogen-bond acceptors (Lipinski definition) is 0. The van der Waals surface area contributed by atoms with Crippen molar-refractivity contribution in [1.29, 1.82) is 0 Å². The lowest BCUT2D eigenvalue weighted by Gasteiger charge is -2.23. The first-order chi connectivity index (χ1) is 10.2. The van der Waals surface area contributed by atoms with Gasteiger partial charge < -0.3 is 0 Å². The third-order valence-corrected chi connectivity index (χ3v) is 10.5. The summed E-state index contributed by atoms with van der Waals surface area (Å²) in [7, 11) is -0.995. The lowest BCUT2D eigenvalue weighted by atomic mass is 10.1. The molecule has 0 radical (unpaired) electrons. The predicted molar refractivity (Wildman–Crippen MR) is 103 cm³/mol. The maximum absolute atomic E-state index is 2.65. The highest BCUT2D eigenvalue weighted by Crippen LogP contribution is 2.22. The summed E-state index contributed by atoms with van der Waals surface area (Å²) >= 11 is 0. The van der Waals surface area contributed by atoms with Crippen molar-refractivity contribution < 1.29 is 0 Å². The predicted octanol–water partition coefficient (Wildman–Crippen LogP) is 7.90. The first kappa shape index (κ1) is 21.0. The molecule has 126 valence electrons. The molecular weight excluding hydrogens is 268 g/mol. The van der Waals surface area contributed by atoms with E-state index in [1.807, 2.05) is 0 Å². The molecule has 0 bridgehead atoms. The minimum absolute atomic E-state index is 0.995. The van der Waals surface area contributed by atoms with E-state index in [1.165, 1.54) is 88.8 Å². The summed E-state index contributed by atoms with van der Waals surface area (Å²) in [5.74, 6) is 0. The molecule has 0 aliphatic carbocycles. The summed E-state index contributed by atoms with van der Waals surface area (Å²) in [5.41, 5.74) is 2.65. The summed E-state index contributed by atoms with van der Waals surface area (Å²) in [6, 6.07) is 4.28. The molecule has 0 N–H and O–H groups in total. The van der Waals surface area contributed by atoms with E-state index in [0.29, 0.717) is 0 Å². The Kier molecular flexibility index (Phi) is 14.8. The molecule has 0 aromatic rings. The van der Waals surface area contributed by atoms with Gasteiger partial charge >= 0.3 is 0 Å². The van der Waals surface area contributed by atoms with Gasteiger partial charge in [-0.25, -0.2) is 0 Å². The van der Waals surface area contributed by atoms with Crippen LogP contribution in [0.5, 0.6) is 0 Å². The van der Waals surface area contributed by atoms with Crippen LogP contribution in [0.15, 0.2) is 11.8 Å². The Morgan fingerprint density at radius 3 is 1.43 bits per heavy atom. The second-order valence-electron chi connectivity index (χ2n) is 6.80. The lowest BCUT2D eigenvalue weighted by Crippen LogP contribution is -2.28. The van der Waals surface area contributed by atoms with E-state index < -0.39 is 8.07 Å². The van der Waals surface area contributed by atoms with Gasteiger partial charge in [-0.15, -0.1) is 0 Å². The van der Waals surface area contributed by atoms with Crippen LogP contribution in [0.2, 0.25) is 18.1 Å². The molecule has 0 aromatic heterocycles. The molecule has 0 heterocycles. The summed E-state index contributed by atoms with van der Waals surface area (Å²) in [4.78, 5) is 0. The molecule has 0 aliphatic heterocycles. The van der Waals surface area contributed by atoms with Gasteiger partial charge in [0, 0.05) is 0 Å². The zero-order chi connectivity index (χ0) is 15.8. The largest absolute Gasteiger partial charge is 0.0981 e. The van der Waals surface area contributed by atoms with E-state index in [-0.39, 0.29) is 0 Å². The van der Waals surface area contributed by atoms with Gasteiger partial charge in [-0.2, -0.15) is 0 Å². The third-order valence-electron chi connectivity index (χ3n) is 5.31. The molecule has 0 fully saturated rings. The van der Waals surface area contributed by atoms with Gasteiger partial charge in [-0.05, 0) is 12.8 Å². The Morgan fingerprint density at radius 2 is 1.00 bits per heavy atom. The molecule has 0 atom stereocenters. The van der Waals surface area contributed by atoms with E-state index in [9.17, 15) is 0 Å². The summed E-state index contributed by atoms with van der Waals surface area (Å²) in [5, 5.41) is 0. The maximum Gasteiger partial charge on any atom is 0.0766 e. The third kappa shape index (κ3) is 11.2.